The molecule has 0 aromatic carbocycles. The molecular formula is C14H26N2. The van der Waals surface area contributed by atoms with Crippen molar-refractivity contribution in [2.45, 2.75) is 33.7 Å². The molecule has 0 aromatic heterocycles. The summed E-state index contributed by atoms with van der Waals surface area (Å²) in [5, 5.41) is 6.63. The van der Waals surface area contributed by atoms with E-state index in [1.54, 1.807) is 6.08 Å². The second-order valence-electron chi connectivity index (χ2n) is 4.57. The molecule has 16 heavy (non-hydrogen) atoms. The molecule has 2 nitrogen and oxygen atoms in total. The lowest BCUT2D eigenvalue weighted by Crippen LogP contribution is -2.30. The average molecular weight is 222 g/mol. The van der Waals surface area contributed by atoms with E-state index in [0.29, 0.717) is 17.9 Å². The molecule has 0 fully saturated rings. The van der Waals surface area contributed by atoms with Crippen LogP contribution in [0.2, 0.25) is 0 Å². The zero-order valence-corrected chi connectivity index (χ0v) is 11.2. The van der Waals surface area contributed by atoms with Gasteiger partial charge in [0.2, 0.25) is 0 Å². The van der Waals surface area contributed by atoms with Crippen LogP contribution in [-0.4, -0.2) is 13.1 Å². The van der Waals surface area contributed by atoms with Crippen molar-refractivity contribution in [3.8, 4) is 0 Å². The number of hydrogen-bond acceptors (Lipinski definition) is 2. The molecule has 1 unspecified atom stereocenters. The Hall–Kier alpha value is -1.02. The molecule has 0 saturated carbocycles. The molecule has 1 atom stereocenters. The van der Waals surface area contributed by atoms with Crippen molar-refractivity contribution >= 4 is 0 Å². The zero-order chi connectivity index (χ0) is 12.6. The van der Waals surface area contributed by atoms with E-state index in [-0.39, 0.29) is 0 Å². The minimum Gasteiger partial charge on any atom is -0.365 e. The number of allylic oxidation sites excluding steroid dienone is 3. The Kier molecular flexibility index (Phi) is 7.65. The minimum absolute atomic E-state index is 0.405. The van der Waals surface area contributed by atoms with Gasteiger partial charge in [0.25, 0.3) is 0 Å². The molecule has 0 aliphatic carbocycles. The van der Waals surface area contributed by atoms with Crippen molar-refractivity contribution in [2.75, 3.05) is 7.05 Å². The first-order chi connectivity index (χ1) is 7.52. The fourth-order valence-corrected chi connectivity index (χ4v) is 1.42. The van der Waals surface area contributed by atoms with E-state index in [1.807, 2.05) is 19.3 Å². The Morgan fingerprint density at radius 3 is 2.19 bits per heavy atom. The van der Waals surface area contributed by atoms with Crippen LogP contribution in [0, 0.1) is 11.8 Å². The molecule has 0 spiro atoms. The molecule has 0 aliphatic rings. The van der Waals surface area contributed by atoms with Crippen molar-refractivity contribution in [3.05, 3.63) is 36.7 Å². The highest BCUT2D eigenvalue weighted by atomic mass is 14.9. The molecule has 0 saturated heterocycles. The SMILES string of the molecule is C=C/C=C\NC(=CC(NC)C(C)C)C(C)C. The van der Waals surface area contributed by atoms with E-state index in [2.05, 4.69) is 51.0 Å². The highest BCUT2D eigenvalue weighted by Gasteiger charge is 2.10. The zero-order valence-electron chi connectivity index (χ0n) is 11.2. The van der Waals surface area contributed by atoms with E-state index in [1.165, 1.54) is 5.70 Å². The largest absolute Gasteiger partial charge is 0.365 e. The van der Waals surface area contributed by atoms with Gasteiger partial charge in [-0.1, -0.05) is 40.3 Å². The second-order valence-corrected chi connectivity index (χ2v) is 4.57. The van der Waals surface area contributed by atoms with Crippen LogP contribution in [0.15, 0.2) is 36.7 Å². The maximum Gasteiger partial charge on any atom is 0.0290 e. The van der Waals surface area contributed by atoms with E-state index in [9.17, 15) is 0 Å². The highest BCUT2D eigenvalue weighted by Crippen LogP contribution is 2.11. The lowest BCUT2D eigenvalue weighted by Gasteiger charge is -2.20. The number of hydrogen-bond donors (Lipinski definition) is 2. The van der Waals surface area contributed by atoms with Gasteiger partial charge in [0.15, 0.2) is 0 Å². The normalized spacial score (nSPS) is 14.8. The summed E-state index contributed by atoms with van der Waals surface area (Å²) in [6.45, 7) is 12.5. The summed E-state index contributed by atoms with van der Waals surface area (Å²) in [6, 6.07) is 0.405. The average Bonchev–Trinajstić information content (AvgIpc) is 2.22. The molecule has 0 heterocycles. The van der Waals surface area contributed by atoms with Crippen LogP contribution in [0.25, 0.3) is 0 Å². The van der Waals surface area contributed by atoms with Gasteiger partial charge in [-0.3, -0.25) is 0 Å². The van der Waals surface area contributed by atoms with Crippen molar-refractivity contribution in [3.63, 3.8) is 0 Å². The van der Waals surface area contributed by atoms with E-state index < -0.39 is 0 Å². The van der Waals surface area contributed by atoms with E-state index in [4.69, 9.17) is 0 Å². The first kappa shape index (κ1) is 15.0. The number of nitrogens with one attached hydrogen (secondary N) is 2. The van der Waals surface area contributed by atoms with Crippen LogP contribution in [0.1, 0.15) is 27.7 Å². The third kappa shape index (κ3) is 5.76. The molecule has 0 amide bonds. The third-order valence-electron chi connectivity index (χ3n) is 2.51. The molecule has 0 rings (SSSR count). The minimum atomic E-state index is 0.405. The third-order valence-corrected chi connectivity index (χ3v) is 2.51. The number of likely N-dealkylation sites (N-methyl/N-ethyl adjacent to an activating group) is 1. The summed E-state index contributed by atoms with van der Waals surface area (Å²) in [4.78, 5) is 0. The first-order valence-electron chi connectivity index (χ1n) is 5.96. The summed E-state index contributed by atoms with van der Waals surface area (Å²) < 4.78 is 0. The Bertz CT molecular complexity index is 249. The fraction of sp³-hybridized carbons (Fsp3) is 0.571. The van der Waals surface area contributed by atoms with Crippen LogP contribution in [0.5, 0.6) is 0 Å². The molecule has 0 radical (unpaired) electrons. The predicted octanol–water partition coefficient (Wildman–Crippen LogP) is 3.06. The standard InChI is InChI=1S/C14H26N2/c1-7-8-9-16-14(12(4)5)10-13(15-6)11(2)3/h7-13,15-16H,1H2,2-6H3/b9-8-,14-10?. The Morgan fingerprint density at radius 1 is 1.19 bits per heavy atom. The fourth-order valence-electron chi connectivity index (χ4n) is 1.42. The highest BCUT2D eigenvalue weighted by molar-refractivity contribution is 5.12. The van der Waals surface area contributed by atoms with Crippen LogP contribution >= 0.6 is 0 Å². The molecular weight excluding hydrogens is 196 g/mol. The van der Waals surface area contributed by atoms with Gasteiger partial charge >= 0.3 is 0 Å². The summed E-state index contributed by atoms with van der Waals surface area (Å²) >= 11 is 0. The predicted molar refractivity (Wildman–Crippen MR) is 73.1 cm³/mol. The van der Waals surface area contributed by atoms with Gasteiger partial charge < -0.3 is 10.6 Å². The van der Waals surface area contributed by atoms with E-state index in [0.717, 1.165) is 0 Å². The second kappa shape index (κ2) is 8.17. The monoisotopic (exact) mass is 222 g/mol. The Balaban J connectivity index is 4.67. The summed E-state index contributed by atoms with van der Waals surface area (Å²) in [5.41, 5.74) is 1.24. The first-order valence-corrected chi connectivity index (χ1v) is 5.96. The molecule has 92 valence electrons. The Labute approximate surface area is 101 Å². The summed E-state index contributed by atoms with van der Waals surface area (Å²) in [6.07, 6.45) is 7.86. The van der Waals surface area contributed by atoms with Gasteiger partial charge in [-0.05, 0) is 31.0 Å². The summed E-state index contributed by atoms with van der Waals surface area (Å²) in [7, 11) is 2.00. The lowest BCUT2D eigenvalue weighted by molar-refractivity contribution is 0.491. The van der Waals surface area contributed by atoms with Crippen molar-refractivity contribution < 1.29 is 0 Å². The Morgan fingerprint density at radius 2 is 1.81 bits per heavy atom. The van der Waals surface area contributed by atoms with Gasteiger partial charge in [0, 0.05) is 17.9 Å². The summed E-state index contributed by atoms with van der Waals surface area (Å²) in [5.74, 6) is 1.08. The number of rotatable bonds is 7. The maximum absolute atomic E-state index is 3.65. The van der Waals surface area contributed by atoms with Crippen molar-refractivity contribution in [1.82, 2.24) is 10.6 Å². The topological polar surface area (TPSA) is 24.1 Å². The van der Waals surface area contributed by atoms with Crippen LogP contribution < -0.4 is 10.6 Å². The smallest absolute Gasteiger partial charge is 0.0290 e. The molecule has 0 bridgehead atoms. The van der Waals surface area contributed by atoms with Crippen LogP contribution in [-0.2, 0) is 0 Å². The van der Waals surface area contributed by atoms with Gasteiger partial charge in [0.1, 0.15) is 0 Å². The lowest BCUT2D eigenvalue weighted by atomic mass is 10.00. The van der Waals surface area contributed by atoms with Crippen molar-refractivity contribution in [2.24, 2.45) is 11.8 Å². The van der Waals surface area contributed by atoms with Crippen LogP contribution in [0.3, 0.4) is 0 Å². The molecule has 2 heteroatoms. The van der Waals surface area contributed by atoms with Gasteiger partial charge in [-0.25, -0.2) is 0 Å². The molecule has 0 aliphatic heterocycles. The van der Waals surface area contributed by atoms with Gasteiger partial charge in [0.05, 0.1) is 0 Å². The van der Waals surface area contributed by atoms with Crippen molar-refractivity contribution in [1.29, 1.82) is 0 Å². The maximum atomic E-state index is 3.65. The van der Waals surface area contributed by atoms with Gasteiger partial charge in [-0.15, -0.1) is 0 Å². The van der Waals surface area contributed by atoms with Gasteiger partial charge in [-0.2, -0.15) is 0 Å². The van der Waals surface area contributed by atoms with E-state index >= 15 is 0 Å². The van der Waals surface area contributed by atoms with Crippen LogP contribution in [0.4, 0.5) is 0 Å². The quantitative estimate of drug-likeness (QED) is 0.647. The molecule has 0 aromatic rings. The molecule has 2 N–H and O–H groups in total.